The first-order valence-corrected chi connectivity index (χ1v) is 30.6. The zero-order valence-corrected chi connectivity index (χ0v) is 43.4. The summed E-state index contributed by atoms with van der Waals surface area (Å²) in [6.45, 7) is 4.02. The number of rotatable bonds is 9. The Bertz CT molecular complexity index is 3560. The predicted octanol–water partition coefficient (Wildman–Crippen LogP) is 15.3. The fraction of sp³-hybridized carbons (Fsp3) is 0.117. The largest absolute Gasteiger partial charge is 0 e. The molecule has 0 saturated heterocycles. The Morgan fingerprint density at radius 3 is 2.10 bits per heavy atom. The van der Waals surface area contributed by atoms with Gasteiger partial charge < -0.3 is 4.57 Å². The van der Waals surface area contributed by atoms with Gasteiger partial charge in [-0.2, -0.15) is 11.3 Å². The third-order valence-corrected chi connectivity index (χ3v) is 17.4. The van der Waals surface area contributed by atoms with E-state index in [0.717, 1.165) is 86.8 Å². The average molecular weight is 1130 g/mol. The summed E-state index contributed by atoms with van der Waals surface area (Å²) in [4.78, 5) is 15.8. The number of imidazole rings is 1. The Kier molecular flexibility index (Phi) is 12.9. The van der Waals surface area contributed by atoms with Gasteiger partial charge >= 0.3 is 157 Å². The molecule has 0 spiro atoms. The monoisotopic (exact) mass is 1130 g/mol. The van der Waals surface area contributed by atoms with E-state index in [2.05, 4.69) is 160 Å². The minimum atomic E-state index is -2.32. The van der Waals surface area contributed by atoms with E-state index in [1.807, 2.05) is 86.8 Å². The van der Waals surface area contributed by atoms with Crippen molar-refractivity contribution in [3.05, 3.63) is 223 Å². The standard InChI is InChI=1S/C37H24N3S.C23H26GeN.Ir/c1-24-19-21-30-29-15-10-16-31(35(29)41-37(30)38-24)36-39-32-17-8-9-18-33(32)40(36)34-23-27(25-11-4-2-5-12-25)20-22-28(34)26-13-6-3-7-14-26;1-18(19-11-7-5-8-12-19)15-21-16-23(20-13-9-6-10-14-20)25-17-22(21)24(2,3)4;/h2-15,17-23H,1H3;5-13,16-18H,15H2,1-4H3;/q2*-1;/i;15D2;. The van der Waals surface area contributed by atoms with Crippen molar-refractivity contribution in [3.8, 4) is 50.6 Å². The molecular weight excluding hydrogens is 1070 g/mol. The minimum absolute atomic E-state index is 0. The van der Waals surface area contributed by atoms with Crippen LogP contribution in [0.1, 0.15) is 32.4 Å². The van der Waals surface area contributed by atoms with Crippen LogP contribution in [0.2, 0.25) is 17.3 Å². The Labute approximate surface area is 417 Å². The Morgan fingerprint density at radius 2 is 1.37 bits per heavy atom. The van der Waals surface area contributed by atoms with Gasteiger partial charge in [-0.15, -0.1) is 18.2 Å². The van der Waals surface area contributed by atoms with Crippen LogP contribution in [-0.2, 0) is 26.5 Å². The maximum Gasteiger partial charge on any atom is 0 e. The first-order chi connectivity index (χ1) is 33.0. The van der Waals surface area contributed by atoms with Gasteiger partial charge in [-0.05, 0) is 58.0 Å². The van der Waals surface area contributed by atoms with Crippen molar-refractivity contribution >= 4 is 60.3 Å². The number of fused-ring (bicyclic) bond motifs is 4. The van der Waals surface area contributed by atoms with Gasteiger partial charge in [-0.3, -0.25) is 4.98 Å². The topological polar surface area (TPSA) is 43.6 Å². The second kappa shape index (κ2) is 19.9. The number of benzene rings is 7. The van der Waals surface area contributed by atoms with E-state index < -0.39 is 19.6 Å². The van der Waals surface area contributed by atoms with E-state index in [1.165, 1.54) is 16.3 Å². The van der Waals surface area contributed by atoms with Crippen LogP contribution in [0.4, 0.5) is 0 Å². The molecule has 0 bridgehead atoms. The van der Waals surface area contributed by atoms with Crippen LogP contribution >= 0.6 is 11.3 Å². The molecule has 0 saturated carbocycles. The molecule has 0 aliphatic rings. The quantitative estimate of drug-likeness (QED) is 0.107. The first kappa shape index (κ1) is 43.3. The van der Waals surface area contributed by atoms with Gasteiger partial charge in [0.1, 0.15) is 4.83 Å². The van der Waals surface area contributed by atoms with Crippen molar-refractivity contribution in [1.82, 2.24) is 19.5 Å². The fourth-order valence-corrected chi connectivity index (χ4v) is 12.8. The molecular formula is C60H50GeIrN4S-2. The molecule has 4 aromatic heterocycles. The van der Waals surface area contributed by atoms with Crippen LogP contribution in [0.5, 0.6) is 0 Å². The van der Waals surface area contributed by atoms with Crippen molar-refractivity contribution < 1.29 is 22.8 Å². The van der Waals surface area contributed by atoms with E-state index in [1.54, 1.807) is 11.3 Å². The predicted molar refractivity (Wildman–Crippen MR) is 282 cm³/mol. The second-order valence-electron chi connectivity index (χ2n) is 17.6. The van der Waals surface area contributed by atoms with Crippen LogP contribution in [0.3, 0.4) is 0 Å². The normalized spacial score (nSPS) is 12.5. The molecule has 1 radical (unpaired) electrons. The number of aryl methyl sites for hydroxylation is 1. The SMILES string of the molecule is Cc1ccc2c(n1)sc1c(-c3nc4ccccc4n3-c3cc(-c4ccccc4)ccc3-c3ccccc3)[c-]ccc12.[2H]C([2H])(c1cc(-c2[c-]cccc2)nc[c]1[Ge]([CH3])([CH3])[CH3])C(C)c1ccccc1.[Ir]. The van der Waals surface area contributed by atoms with E-state index in [9.17, 15) is 0 Å². The number of nitrogens with zero attached hydrogens (tertiary/aromatic N) is 4. The number of thiophene rings is 1. The summed E-state index contributed by atoms with van der Waals surface area (Å²) >= 11 is -0.604. The van der Waals surface area contributed by atoms with E-state index >= 15 is 0 Å². The Hall–Kier alpha value is -6.28. The van der Waals surface area contributed by atoms with Gasteiger partial charge in [0.2, 0.25) is 0 Å². The average Bonchev–Trinajstić information content (AvgIpc) is 3.95. The summed E-state index contributed by atoms with van der Waals surface area (Å²) in [5.74, 6) is 7.49. The summed E-state index contributed by atoms with van der Waals surface area (Å²) < 4.78 is 22.7. The Balaban J connectivity index is 0.000000185. The molecule has 1 atom stereocenters. The summed E-state index contributed by atoms with van der Waals surface area (Å²) in [7, 11) is 0. The van der Waals surface area contributed by atoms with Gasteiger partial charge in [0.15, 0.2) is 0 Å². The van der Waals surface area contributed by atoms with Gasteiger partial charge in [0, 0.05) is 37.1 Å². The molecule has 331 valence electrons. The fourth-order valence-electron chi connectivity index (χ4n) is 8.64. The molecule has 11 rings (SSSR count). The molecule has 11 aromatic rings. The number of hydrogen-bond donors (Lipinski definition) is 0. The number of aromatic nitrogens is 4. The molecule has 0 N–H and O–H groups in total. The van der Waals surface area contributed by atoms with E-state index in [4.69, 9.17) is 12.7 Å². The minimum Gasteiger partial charge on any atom is 0 e. The third kappa shape index (κ3) is 9.63. The van der Waals surface area contributed by atoms with Crippen molar-refractivity contribution in [2.45, 2.75) is 43.4 Å². The van der Waals surface area contributed by atoms with Gasteiger partial charge in [-0.25, -0.2) is 4.98 Å². The van der Waals surface area contributed by atoms with Crippen LogP contribution in [0.25, 0.3) is 81.9 Å². The molecule has 4 heterocycles. The van der Waals surface area contributed by atoms with Gasteiger partial charge in [-0.1, -0.05) is 102 Å². The molecule has 7 aromatic carbocycles. The van der Waals surface area contributed by atoms with Gasteiger partial charge in [0.25, 0.3) is 0 Å². The van der Waals surface area contributed by atoms with Crippen LogP contribution in [0, 0.1) is 19.1 Å². The Morgan fingerprint density at radius 1 is 0.672 bits per heavy atom. The van der Waals surface area contributed by atoms with E-state index in [0.29, 0.717) is 0 Å². The van der Waals surface area contributed by atoms with Crippen molar-refractivity contribution in [2.75, 3.05) is 0 Å². The van der Waals surface area contributed by atoms with E-state index in [-0.39, 0.29) is 26.0 Å². The third-order valence-electron chi connectivity index (χ3n) is 12.0. The van der Waals surface area contributed by atoms with Gasteiger partial charge in [0.05, 0.1) is 16.9 Å². The first-order valence-electron chi connectivity index (χ1n) is 23.4. The van der Waals surface area contributed by atoms with Crippen molar-refractivity contribution in [3.63, 3.8) is 0 Å². The summed E-state index contributed by atoms with van der Waals surface area (Å²) in [6.07, 6.45) is 0.433. The zero-order chi connectivity index (χ0) is 47.0. The van der Waals surface area contributed by atoms with Crippen molar-refractivity contribution in [1.29, 1.82) is 0 Å². The molecule has 4 nitrogen and oxygen atoms in total. The second-order valence-corrected chi connectivity index (χ2v) is 29.2. The van der Waals surface area contributed by atoms with Crippen LogP contribution in [0.15, 0.2) is 194 Å². The van der Waals surface area contributed by atoms with Crippen LogP contribution < -0.4 is 4.40 Å². The smallest absolute Gasteiger partial charge is 0 e. The molecule has 0 amide bonds. The molecule has 67 heavy (non-hydrogen) atoms. The maximum atomic E-state index is 9.05. The van der Waals surface area contributed by atoms with Crippen LogP contribution in [-0.4, -0.2) is 32.8 Å². The zero-order valence-electron chi connectivity index (χ0n) is 40.1. The summed E-state index contributed by atoms with van der Waals surface area (Å²) in [5.41, 5.74) is 13.2. The maximum absolute atomic E-state index is 9.05. The molecule has 0 aliphatic heterocycles. The number of hydrogen-bond acceptors (Lipinski definition) is 4. The molecule has 0 fully saturated rings. The summed E-state index contributed by atoms with van der Waals surface area (Å²) in [5, 5.41) is 2.36. The molecule has 1 unspecified atom stereocenters. The molecule has 0 aliphatic carbocycles. The number of para-hydroxylation sites is 2. The number of pyridine rings is 2. The van der Waals surface area contributed by atoms with Crippen molar-refractivity contribution in [2.24, 2.45) is 0 Å². The summed E-state index contributed by atoms with van der Waals surface area (Å²) in [6, 6.07) is 71.1. The molecule has 7 heteroatoms.